The molecule has 3 aromatic rings. The summed E-state index contributed by atoms with van der Waals surface area (Å²) in [5, 5.41) is 6.64. The van der Waals surface area contributed by atoms with Crippen molar-refractivity contribution >= 4 is 21.7 Å². The third-order valence-corrected chi connectivity index (χ3v) is 3.45. The first-order chi connectivity index (χ1) is 9.56. The third kappa shape index (κ3) is 2.09. The second-order valence-electron chi connectivity index (χ2n) is 4.12. The Kier molecular flexibility index (Phi) is 3.06. The number of nitrogens with two attached hydrogens (primary N) is 1. The molecule has 7 heteroatoms. The second-order valence-corrected chi connectivity index (χ2v) is 4.85. The van der Waals surface area contributed by atoms with Gasteiger partial charge in [0.15, 0.2) is 10.5 Å². The predicted molar refractivity (Wildman–Crippen MR) is 73.8 cm³/mol. The number of aromatic amines is 1. The minimum Gasteiger partial charge on any atom is -0.457 e. The molecule has 2 aromatic heterocycles. The standard InChI is InChI=1S/C13H8BrF2N3O/c14-12-9(1-2-20-12)11-10(13(17)19-18-11)6-3-7(15)5-8(16)4-6/h1-5H,(H3,17,18,19). The van der Waals surface area contributed by atoms with E-state index in [2.05, 4.69) is 26.1 Å². The Balaban J connectivity index is 2.24. The number of hydrogen-bond acceptors (Lipinski definition) is 3. The molecule has 0 unspecified atom stereocenters. The van der Waals surface area contributed by atoms with Crippen molar-refractivity contribution in [2.24, 2.45) is 0 Å². The molecule has 0 fully saturated rings. The Morgan fingerprint density at radius 1 is 1.20 bits per heavy atom. The molecular weight excluding hydrogens is 332 g/mol. The van der Waals surface area contributed by atoms with Crippen LogP contribution in [0, 0.1) is 11.6 Å². The van der Waals surface area contributed by atoms with Crippen LogP contribution in [-0.4, -0.2) is 10.2 Å². The molecule has 0 saturated heterocycles. The average Bonchev–Trinajstić information content (AvgIpc) is 2.93. The first kappa shape index (κ1) is 12.9. The van der Waals surface area contributed by atoms with E-state index in [0.717, 1.165) is 6.07 Å². The summed E-state index contributed by atoms with van der Waals surface area (Å²) in [6, 6.07) is 4.88. The Labute approximate surface area is 120 Å². The molecule has 102 valence electrons. The summed E-state index contributed by atoms with van der Waals surface area (Å²) in [6.07, 6.45) is 1.48. The zero-order chi connectivity index (χ0) is 14.3. The average molecular weight is 340 g/mol. The van der Waals surface area contributed by atoms with Gasteiger partial charge in [0.05, 0.1) is 23.1 Å². The normalized spacial score (nSPS) is 10.9. The molecule has 2 heterocycles. The zero-order valence-corrected chi connectivity index (χ0v) is 11.5. The number of nitrogens with zero attached hydrogens (tertiary/aromatic N) is 1. The fourth-order valence-electron chi connectivity index (χ4n) is 2.01. The summed E-state index contributed by atoms with van der Waals surface area (Å²) in [4.78, 5) is 0. The summed E-state index contributed by atoms with van der Waals surface area (Å²) in [5.41, 5.74) is 7.70. The Morgan fingerprint density at radius 2 is 1.90 bits per heavy atom. The van der Waals surface area contributed by atoms with Crippen molar-refractivity contribution in [3.05, 3.63) is 46.8 Å². The van der Waals surface area contributed by atoms with Crippen LogP contribution in [0.1, 0.15) is 0 Å². The molecule has 0 atom stereocenters. The maximum atomic E-state index is 13.4. The number of hydrogen-bond donors (Lipinski definition) is 2. The highest BCUT2D eigenvalue weighted by Crippen LogP contribution is 2.38. The Bertz CT molecular complexity index is 762. The number of nitrogens with one attached hydrogen (secondary N) is 1. The number of anilines is 1. The van der Waals surface area contributed by atoms with E-state index in [1.165, 1.54) is 18.4 Å². The van der Waals surface area contributed by atoms with E-state index in [1.807, 2.05) is 0 Å². The quantitative estimate of drug-likeness (QED) is 0.742. The first-order valence-electron chi connectivity index (χ1n) is 5.60. The molecule has 0 aliphatic rings. The van der Waals surface area contributed by atoms with Gasteiger partial charge in [-0.05, 0) is 39.7 Å². The summed E-state index contributed by atoms with van der Waals surface area (Å²) in [7, 11) is 0. The van der Waals surface area contributed by atoms with Gasteiger partial charge < -0.3 is 10.2 Å². The van der Waals surface area contributed by atoms with Crippen LogP contribution in [0.2, 0.25) is 0 Å². The minimum absolute atomic E-state index is 0.151. The van der Waals surface area contributed by atoms with Crippen molar-refractivity contribution in [1.29, 1.82) is 0 Å². The summed E-state index contributed by atoms with van der Waals surface area (Å²) in [6.45, 7) is 0. The van der Waals surface area contributed by atoms with Crippen molar-refractivity contribution in [2.45, 2.75) is 0 Å². The van der Waals surface area contributed by atoms with Gasteiger partial charge in [-0.15, -0.1) is 0 Å². The van der Waals surface area contributed by atoms with E-state index < -0.39 is 11.6 Å². The predicted octanol–water partition coefficient (Wildman–Crippen LogP) is 3.96. The molecule has 0 radical (unpaired) electrons. The topological polar surface area (TPSA) is 67.8 Å². The van der Waals surface area contributed by atoms with Crippen molar-refractivity contribution in [1.82, 2.24) is 10.2 Å². The van der Waals surface area contributed by atoms with E-state index in [4.69, 9.17) is 10.2 Å². The summed E-state index contributed by atoms with van der Waals surface area (Å²) in [5.74, 6) is -1.21. The van der Waals surface area contributed by atoms with Gasteiger partial charge in [0, 0.05) is 6.07 Å². The van der Waals surface area contributed by atoms with Gasteiger partial charge in [-0.3, -0.25) is 5.10 Å². The van der Waals surface area contributed by atoms with Gasteiger partial charge in [0.25, 0.3) is 0 Å². The highest BCUT2D eigenvalue weighted by atomic mass is 79.9. The van der Waals surface area contributed by atoms with Gasteiger partial charge in [-0.2, -0.15) is 5.10 Å². The molecule has 1 aromatic carbocycles. The summed E-state index contributed by atoms with van der Waals surface area (Å²) >= 11 is 3.24. The number of benzene rings is 1. The van der Waals surface area contributed by atoms with E-state index in [0.29, 0.717) is 27.1 Å². The Morgan fingerprint density at radius 3 is 2.50 bits per heavy atom. The highest BCUT2D eigenvalue weighted by molar-refractivity contribution is 9.10. The van der Waals surface area contributed by atoms with Crippen LogP contribution in [0.4, 0.5) is 14.6 Å². The fraction of sp³-hybridized carbons (Fsp3) is 0. The van der Waals surface area contributed by atoms with Crippen LogP contribution in [0.3, 0.4) is 0 Å². The molecule has 3 N–H and O–H groups in total. The van der Waals surface area contributed by atoms with Gasteiger partial charge >= 0.3 is 0 Å². The molecule has 0 aliphatic carbocycles. The van der Waals surface area contributed by atoms with Gasteiger partial charge in [0.2, 0.25) is 0 Å². The molecule has 4 nitrogen and oxygen atoms in total. The van der Waals surface area contributed by atoms with Crippen molar-refractivity contribution in [3.8, 4) is 22.4 Å². The van der Waals surface area contributed by atoms with E-state index in [-0.39, 0.29) is 5.82 Å². The molecule has 0 amide bonds. The molecule has 20 heavy (non-hydrogen) atoms. The maximum Gasteiger partial charge on any atom is 0.178 e. The Hall–Kier alpha value is -2.15. The molecule has 3 rings (SSSR count). The second kappa shape index (κ2) is 4.75. The SMILES string of the molecule is Nc1n[nH]c(-c2ccoc2Br)c1-c1cc(F)cc(F)c1. The number of H-pyrrole nitrogens is 1. The minimum atomic E-state index is -0.683. The third-order valence-electron chi connectivity index (χ3n) is 2.83. The first-order valence-corrected chi connectivity index (χ1v) is 6.39. The van der Waals surface area contributed by atoms with Crippen molar-refractivity contribution in [2.75, 3.05) is 5.73 Å². The molecular formula is C13H8BrF2N3O. The van der Waals surface area contributed by atoms with Crippen LogP contribution in [0.15, 0.2) is 39.6 Å². The van der Waals surface area contributed by atoms with Crippen LogP contribution in [0.5, 0.6) is 0 Å². The monoisotopic (exact) mass is 339 g/mol. The smallest absolute Gasteiger partial charge is 0.178 e. The largest absolute Gasteiger partial charge is 0.457 e. The van der Waals surface area contributed by atoms with E-state index in [1.54, 1.807) is 6.07 Å². The van der Waals surface area contributed by atoms with Crippen LogP contribution in [0.25, 0.3) is 22.4 Å². The van der Waals surface area contributed by atoms with Gasteiger partial charge in [-0.1, -0.05) is 0 Å². The summed E-state index contributed by atoms with van der Waals surface area (Å²) < 4.78 is 32.3. The van der Waals surface area contributed by atoms with Crippen LogP contribution < -0.4 is 5.73 Å². The van der Waals surface area contributed by atoms with Crippen molar-refractivity contribution in [3.63, 3.8) is 0 Å². The molecule has 0 aliphatic heterocycles. The zero-order valence-electron chi connectivity index (χ0n) is 9.95. The van der Waals surface area contributed by atoms with Crippen molar-refractivity contribution < 1.29 is 13.2 Å². The van der Waals surface area contributed by atoms with Gasteiger partial charge in [0.1, 0.15) is 11.6 Å². The highest BCUT2D eigenvalue weighted by Gasteiger charge is 2.19. The maximum absolute atomic E-state index is 13.4. The number of halogens is 3. The molecule has 0 saturated carbocycles. The molecule has 0 spiro atoms. The molecule has 0 bridgehead atoms. The number of nitrogen functional groups attached to an aromatic ring is 1. The lowest BCUT2D eigenvalue weighted by Gasteiger charge is -2.04. The van der Waals surface area contributed by atoms with E-state index in [9.17, 15) is 8.78 Å². The lowest BCUT2D eigenvalue weighted by atomic mass is 10.0. The van der Waals surface area contributed by atoms with Gasteiger partial charge in [-0.25, -0.2) is 8.78 Å². The van der Waals surface area contributed by atoms with Crippen LogP contribution in [-0.2, 0) is 0 Å². The van der Waals surface area contributed by atoms with Crippen LogP contribution >= 0.6 is 15.9 Å². The lowest BCUT2D eigenvalue weighted by molar-refractivity contribution is 0.542. The number of furan rings is 1. The fourth-order valence-corrected chi connectivity index (χ4v) is 2.45. The number of rotatable bonds is 2. The number of aromatic nitrogens is 2. The lowest BCUT2D eigenvalue weighted by Crippen LogP contribution is -1.91. The van der Waals surface area contributed by atoms with E-state index >= 15 is 0 Å².